The van der Waals surface area contributed by atoms with Crippen molar-refractivity contribution < 1.29 is 67.5 Å². The van der Waals surface area contributed by atoms with Crippen molar-refractivity contribution >= 4 is 59.0 Å². The number of amides is 6. The number of aromatic nitrogens is 2. The average Bonchev–Trinajstić information content (AvgIpc) is 4.06. The standard InChI is InChI=1S/C52H64N8O14/c1-6-14-58-27-34(20-42(58)49(66)54-13-9-15-61)56-50(67)41-19-33(26-57(41)4)55-46(64)10-8-16-71-45-24-40-38(23-44(45)70-5)51(68)59-25-31(3)17-35(59)28-60(40)52(69)72-30-32-11-12-43(39(18-32)48(65)53-7-2)74-47-22-36(63)21-37(29-62)73-47/h11-12,18-20,23-24,26-27,29,35-37,47,61,63H,3,6-10,13-17,21-22,25,28,30H2,1-2,4-5H3,(H,53,65)(H,54,66)(H,55,64)(H,56,67)/t35?,36-,37-,47-/m0/s1. The first-order valence-corrected chi connectivity index (χ1v) is 24.6. The van der Waals surface area contributed by atoms with Gasteiger partial charge in [-0.25, -0.2) is 4.79 Å². The molecule has 396 valence electrons. The van der Waals surface area contributed by atoms with E-state index in [-0.39, 0.29) is 110 Å². The van der Waals surface area contributed by atoms with Gasteiger partial charge in [-0.2, -0.15) is 0 Å². The summed E-state index contributed by atoms with van der Waals surface area (Å²) in [7, 11) is 3.09. The SMILES string of the molecule is C=C1CC2CN(C(=O)OCc3ccc(O[C@H]4C[C@@H](O)C[C@@H](C=O)O4)c(C(=O)NCC)c3)c3cc(OCCCC(=O)Nc4cc(C(=O)Nc5cc(C(=O)NCCCO)n(CCC)c5)n(C)c4)c(OC)cc3C(=O)N2C1. The van der Waals surface area contributed by atoms with Gasteiger partial charge in [-0.05, 0) is 68.5 Å². The van der Waals surface area contributed by atoms with Crippen LogP contribution in [0.5, 0.6) is 17.2 Å². The summed E-state index contributed by atoms with van der Waals surface area (Å²) in [5.74, 6) is -1.37. The summed E-state index contributed by atoms with van der Waals surface area (Å²) in [4.78, 5) is 95.3. The second kappa shape index (κ2) is 24.8. The van der Waals surface area contributed by atoms with Gasteiger partial charge in [0.05, 0.1) is 60.6 Å². The van der Waals surface area contributed by atoms with Crippen molar-refractivity contribution in [3.8, 4) is 17.2 Å². The van der Waals surface area contributed by atoms with E-state index in [1.807, 2.05) is 6.92 Å². The number of aryl methyl sites for hydroxylation is 2. The highest BCUT2D eigenvalue weighted by molar-refractivity contribution is 6.07. The Morgan fingerprint density at radius 2 is 1.70 bits per heavy atom. The minimum atomic E-state index is -0.994. The molecule has 0 bridgehead atoms. The van der Waals surface area contributed by atoms with Crippen molar-refractivity contribution in [1.82, 2.24) is 24.7 Å². The normalized spacial score (nSPS) is 18.1. The average molecular weight is 1030 g/mol. The molecule has 2 aromatic heterocycles. The van der Waals surface area contributed by atoms with Crippen LogP contribution in [0.15, 0.2) is 67.0 Å². The molecule has 2 saturated heterocycles. The number of rotatable bonds is 22. The minimum Gasteiger partial charge on any atom is -0.493 e. The van der Waals surface area contributed by atoms with Gasteiger partial charge in [-0.3, -0.25) is 28.9 Å². The van der Waals surface area contributed by atoms with Crippen molar-refractivity contribution in [3.05, 3.63) is 95.1 Å². The molecule has 0 aliphatic carbocycles. The number of aldehydes is 1. The summed E-state index contributed by atoms with van der Waals surface area (Å²) in [5.41, 5.74) is 3.20. The van der Waals surface area contributed by atoms with Crippen LogP contribution in [0.2, 0.25) is 0 Å². The zero-order valence-corrected chi connectivity index (χ0v) is 42.0. The van der Waals surface area contributed by atoms with Crippen molar-refractivity contribution in [2.75, 3.05) is 62.0 Å². The Labute approximate surface area is 427 Å². The molecule has 5 heterocycles. The number of fused-ring (bicyclic) bond motifs is 2. The monoisotopic (exact) mass is 1020 g/mol. The lowest BCUT2D eigenvalue weighted by Crippen LogP contribution is -2.42. The quantitative estimate of drug-likeness (QED) is 0.0359. The van der Waals surface area contributed by atoms with Crippen LogP contribution >= 0.6 is 0 Å². The van der Waals surface area contributed by atoms with Crippen molar-refractivity contribution in [3.63, 3.8) is 0 Å². The fourth-order valence-electron chi connectivity index (χ4n) is 9.01. The van der Waals surface area contributed by atoms with Crippen LogP contribution < -0.4 is 40.4 Å². The van der Waals surface area contributed by atoms with Gasteiger partial charge >= 0.3 is 6.09 Å². The van der Waals surface area contributed by atoms with Crippen LogP contribution in [-0.2, 0) is 39.3 Å². The molecular weight excluding hydrogens is 961 g/mol. The van der Waals surface area contributed by atoms with Gasteiger partial charge < -0.3 is 74.0 Å². The van der Waals surface area contributed by atoms with Gasteiger partial charge in [0, 0.05) is 77.6 Å². The summed E-state index contributed by atoms with van der Waals surface area (Å²) in [6.45, 7) is 9.06. The number of hydrogen-bond acceptors (Lipinski definition) is 14. The van der Waals surface area contributed by atoms with E-state index >= 15 is 0 Å². The van der Waals surface area contributed by atoms with Gasteiger partial charge in [0.2, 0.25) is 12.2 Å². The van der Waals surface area contributed by atoms with E-state index in [0.29, 0.717) is 67.9 Å². The Morgan fingerprint density at radius 3 is 2.45 bits per heavy atom. The number of ether oxygens (including phenoxy) is 5. The Bertz CT molecular complexity index is 2750. The maximum atomic E-state index is 14.2. The zero-order valence-electron chi connectivity index (χ0n) is 42.0. The molecule has 7 rings (SSSR count). The van der Waals surface area contributed by atoms with Gasteiger partial charge in [-0.15, -0.1) is 0 Å². The van der Waals surface area contributed by atoms with E-state index in [9.17, 15) is 38.7 Å². The third kappa shape index (κ3) is 13.1. The van der Waals surface area contributed by atoms with Crippen molar-refractivity contribution in [1.29, 1.82) is 0 Å². The molecule has 0 spiro atoms. The molecule has 3 aliphatic heterocycles. The highest BCUT2D eigenvalue weighted by Crippen LogP contribution is 2.41. The minimum absolute atomic E-state index is 0.0300. The van der Waals surface area contributed by atoms with Gasteiger partial charge in [-0.1, -0.05) is 25.1 Å². The molecule has 6 amide bonds. The van der Waals surface area contributed by atoms with E-state index in [1.54, 1.807) is 52.5 Å². The Morgan fingerprint density at radius 1 is 0.919 bits per heavy atom. The fourth-order valence-corrected chi connectivity index (χ4v) is 9.01. The molecule has 2 fully saturated rings. The van der Waals surface area contributed by atoms with Crippen LogP contribution in [0.4, 0.5) is 21.9 Å². The van der Waals surface area contributed by atoms with Crippen molar-refractivity contribution in [2.24, 2.45) is 7.05 Å². The van der Waals surface area contributed by atoms with Gasteiger partial charge in [0.15, 0.2) is 11.5 Å². The second-order valence-corrected chi connectivity index (χ2v) is 18.2. The number of carbonyl (C=O) groups excluding carboxylic acids is 7. The number of methoxy groups -OCH3 is 1. The summed E-state index contributed by atoms with van der Waals surface area (Å²) < 4.78 is 32.6. The van der Waals surface area contributed by atoms with E-state index in [4.69, 9.17) is 28.8 Å². The summed E-state index contributed by atoms with van der Waals surface area (Å²) in [6, 6.07) is 10.4. The molecule has 6 N–H and O–H groups in total. The Balaban J connectivity index is 0.998. The lowest BCUT2D eigenvalue weighted by Gasteiger charge is -2.31. The number of aliphatic hydroxyl groups is 2. The number of benzene rings is 2. The highest BCUT2D eigenvalue weighted by Gasteiger charge is 2.41. The number of aliphatic hydroxyl groups excluding tert-OH is 2. The first-order chi connectivity index (χ1) is 35.6. The first kappa shape index (κ1) is 54.1. The van der Waals surface area contributed by atoms with Crippen LogP contribution in [-0.4, -0.2) is 137 Å². The summed E-state index contributed by atoms with van der Waals surface area (Å²) >= 11 is 0. The Hall–Kier alpha value is -7.69. The molecular formula is C52H64N8O14. The maximum absolute atomic E-state index is 14.2. The second-order valence-electron chi connectivity index (χ2n) is 18.2. The van der Waals surface area contributed by atoms with Crippen LogP contribution in [0.1, 0.15) is 106 Å². The molecule has 74 heavy (non-hydrogen) atoms. The number of carbonyl (C=O) groups is 7. The molecule has 22 nitrogen and oxygen atoms in total. The zero-order chi connectivity index (χ0) is 53.1. The summed E-state index contributed by atoms with van der Waals surface area (Å²) in [6.07, 6.45) is 2.51. The van der Waals surface area contributed by atoms with E-state index in [2.05, 4.69) is 27.8 Å². The molecule has 3 aliphatic rings. The fraction of sp³-hybridized carbons (Fsp3) is 0.442. The third-order valence-electron chi connectivity index (χ3n) is 12.5. The van der Waals surface area contributed by atoms with E-state index < -0.39 is 42.4 Å². The van der Waals surface area contributed by atoms with E-state index in [0.717, 1.165) is 12.0 Å². The largest absolute Gasteiger partial charge is 0.493 e. The summed E-state index contributed by atoms with van der Waals surface area (Å²) in [5, 5.41) is 30.5. The predicted molar refractivity (Wildman–Crippen MR) is 270 cm³/mol. The van der Waals surface area contributed by atoms with Crippen LogP contribution in [0.3, 0.4) is 0 Å². The number of anilines is 3. The number of nitrogens with zero attached hydrogens (tertiary/aromatic N) is 4. The molecule has 2 aromatic carbocycles. The number of hydrogen-bond donors (Lipinski definition) is 6. The molecule has 0 radical (unpaired) electrons. The topological polar surface area (TPSA) is 271 Å². The molecule has 0 saturated carbocycles. The third-order valence-corrected chi connectivity index (χ3v) is 12.5. The maximum Gasteiger partial charge on any atom is 0.414 e. The number of nitrogens with one attached hydrogen (secondary N) is 4. The highest BCUT2D eigenvalue weighted by atomic mass is 16.7. The molecule has 22 heteroatoms. The van der Waals surface area contributed by atoms with Crippen molar-refractivity contribution in [2.45, 2.75) is 96.5 Å². The van der Waals surface area contributed by atoms with Crippen LogP contribution in [0.25, 0.3) is 0 Å². The lowest BCUT2D eigenvalue weighted by atomic mass is 10.1. The van der Waals surface area contributed by atoms with Gasteiger partial charge in [0.1, 0.15) is 36.1 Å². The lowest BCUT2D eigenvalue weighted by molar-refractivity contribution is -0.176. The molecule has 4 aromatic rings. The van der Waals surface area contributed by atoms with Crippen LogP contribution in [0, 0.1) is 0 Å². The smallest absolute Gasteiger partial charge is 0.414 e. The van der Waals surface area contributed by atoms with E-state index in [1.165, 1.54) is 42.3 Å². The Kier molecular flexibility index (Phi) is 18.1. The molecule has 4 atom stereocenters. The first-order valence-electron chi connectivity index (χ1n) is 24.6. The predicted octanol–water partition coefficient (Wildman–Crippen LogP) is 4.53. The molecule has 1 unspecified atom stereocenters. The van der Waals surface area contributed by atoms with Gasteiger partial charge in [0.25, 0.3) is 23.6 Å².